The normalized spacial score (nSPS) is 20.1. The molecule has 1 atom stereocenters. The summed E-state index contributed by atoms with van der Waals surface area (Å²) in [4.78, 5) is 13.8. The number of anilines is 1. The van der Waals surface area contributed by atoms with E-state index in [1.54, 1.807) is 17.7 Å². The van der Waals surface area contributed by atoms with Gasteiger partial charge in [0, 0.05) is 23.3 Å². The van der Waals surface area contributed by atoms with Crippen LogP contribution in [-0.4, -0.2) is 28.4 Å². The zero-order valence-corrected chi connectivity index (χ0v) is 12.7. The molecule has 1 aliphatic heterocycles. The van der Waals surface area contributed by atoms with Crippen molar-refractivity contribution in [1.82, 2.24) is 9.97 Å². The second-order valence-electron chi connectivity index (χ2n) is 5.09. The fourth-order valence-electron chi connectivity index (χ4n) is 2.90. The first-order valence-electron chi connectivity index (χ1n) is 6.83. The number of aromatic nitrogens is 2. The van der Waals surface area contributed by atoms with Gasteiger partial charge < -0.3 is 4.90 Å². The van der Waals surface area contributed by atoms with Gasteiger partial charge in [0.15, 0.2) is 0 Å². The van der Waals surface area contributed by atoms with Crippen LogP contribution in [0.2, 0.25) is 0 Å². The summed E-state index contributed by atoms with van der Waals surface area (Å²) in [6.45, 7) is 3.21. The highest BCUT2D eigenvalue weighted by Crippen LogP contribution is 2.33. The molecule has 3 heterocycles. The van der Waals surface area contributed by atoms with E-state index >= 15 is 0 Å². The van der Waals surface area contributed by atoms with Gasteiger partial charge in [-0.25, -0.2) is 9.97 Å². The maximum atomic E-state index is 5.95. The van der Waals surface area contributed by atoms with Gasteiger partial charge in [-0.15, -0.1) is 22.9 Å². The second kappa shape index (κ2) is 5.63. The number of rotatable bonds is 3. The molecule has 0 bridgehead atoms. The monoisotopic (exact) mass is 295 g/mol. The molecule has 1 fully saturated rings. The van der Waals surface area contributed by atoms with Crippen LogP contribution in [0.3, 0.4) is 0 Å². The molecule has 0 radical (unpaired) electrons. The van der Waals surface area contributed by atoms with Gasteiger partial charge in [-0.2, -0.15) is 0 Å². The molecule has 5 heteroatoms. The highest BCUT2D eigenvalue weighted by Gasteiger charge is 2.25. The van der Waals surface area contributed by atoms with E-state index in [1.165, 1.54) is 29.5 Å². The summed E-state index contributed by atoms with van der Waals surface area (Å²) in [6.07, 6.45) is 6.50. The smallest absolute Gasteiger partial charge is 0.141 e. The molecule has 0 saturated carbocycles. The van der Waals surface area contributed by atoms with E-state index in [0.717, 1.165) is 29.5 Å². The minimum absolute atomic E-state index is 0.532. The summed E-state index contributed by atoms with van der Waals surface area (Å²) < 4.78 is 0. The third kappa shape index (κ3) is 2.56. The summed E-state index contributed by atoms with van der Waals surface area (Å²) in [6, 6.07) is 2.74. The predicted molar refractivity (Wildman–Crippen MR) is 82.5 cm³/mol. The van der Waals surface area contributed by atoms with Crippen LogP contribution in [-0.2, 0) is 0 Å². The van der Waals surface area contributed by atoms with Crippen LogP contribution in [0.5, 0.6) is 0 Å². The number of fused-ring (bicyclic) bond motifs is 1. The van der Waals surface area contributed by atoms with Crippen LogP contribution in [0.15, 0.2) is 12.4 Å². The molecular formula is C14H18ClN3S. The number of piperidine rings is 1. The molecule has 1 unspecified atom stereocenters. The lowest BCUT2D eigenvalue weighted by Crippen LogP contribution is -2.40. The average Bonchev–Trinajstić information content (AvgIpc) is 2.80. The van der Waals surface area contributed by atoms with Crippen molar-refractivity contribution in [2.24, 2.45) is 0 Å². The summed E-state index contributed by atoms with van der Waals surface area (Å²) in [5, 5.41) is 1.20. The van der Waals surface area contributed by atoms with Crippen LogP contribution in [0.4, 0.5) is 5.82 Å². The molecule has 19 heavy (non-hydrogen) atoms. The van der Waals surface area contributed by atoms with Gasteiger partial charge in [0.1, 0.15) is 17.0 Å². The summed E-state index contributed by atoms with van der Waals surface area (Å²) in [5.41, 5.74) is 0. The number of nitrogens with zero attached hydrogens (tertiary/aromatic N) is 3. The Morgan fingerprint density at radius 1 is 1.42 bits per heavy atom. The molecule has 0 amide bonds. The predicted octanol–water partition coefficient (Wildman–Crippen LogP) is 3.99. The lowest BCUT2D eigenvalue weighted by Gasteiger charge is -2.36. The zero-order chi connectivity index (χ0) is 13.2. The Balaban J connectivity index is 2.01. The molecule has 0 N–H and O–H groups in total. The largest absolute Gasteiger partial charge is 0.353 e. The number of aryl methyl sites for hydroxylation is 1. The van der Waals surface area contributed by atoms with E-state index in [9.17, 15) is 0 Å². The van der Waals surface area contributed by atoms with Crippen molar-refractivity contribution < 1.29 is 0 Å². The SMILES string of the molecule is Cc1cc2c(N3CCCCC3CCCl)ncnc2s1. The van der Waals surface area contributed by atoms with Crippen LogP contribution in [0.1, 0.15) is 30.6 Å². The Hall–Kier alpha value is -0.870. The molecule has 2 aromatic heterocycles. The average molecular weight is 296 g/mol. The Bertz CT molecular complexity index is 567. The first kappa shape index (κ1) is 13.1. The van der Waals surface area contributed by atoms with Crippen molar-refractivity contribution >= 4 is 39.0 Å². The lowest BCUT2D eigenvalue weighted by atomic mass is 10.00. The van der Waals surface area contributed by atoms with Crippen LogP contribution in [0.25, 0.3) is 10.2 Å². The number of thiophene rings is 1. The number of hydrogen-bond acceptors (Lipinski definition) is 4. The summed E-state index contributed by atoms with van der Waals surface area (Å²) in [7, 11) is 0. The van der Waals surface area contributed by atoms with E-state index < -0.39 is 0 Å². The van der Waals surface area contributed by atoms with Crippen molar-refractivity contribution in [3.8, 4) is 0 Å². The number of halogens is 1. The Kier molecular flexibility index (Phi) is 3.89. The minimum atomic E-state index is 0.532. The molecule has 1 saturated heterocycles. The van der Waals surface area contributed by atoms with E-state index in [1.807, 2.05) is 0 Å². The van der Waals surface area contributed by atoms with Crippen molar-refractivity contribution in [2.75, 3.05) is 17.3 Å². The van der Waals surface area contributed by atoms with Gasteiger partial charge in [0.2, 0.25) is 0 Å². The quantitative estimate of drug-likeness (QED) is 0.802. The topological polar surface area (TPSA) is 29.0 Å². The molecule has 3 rings (SSSR count). The summed E-state index contributed by atoms with van der Waals surface area (Å²) in [5.74, 6) is 1.82. The van der Waals surface area contributed by atoms with Gasteiger partial charge in [-0.1, -0.05) is 0 Å². The van der Waals surface area contributed by atoms with Gasteiger partial charge in [0.05, 0.1) is 5.39 Å². The van der Waals surface area contributed by atoms with Crippen molar-refractivity contribution in [1.29, 1.82) is 0 Å². The lowest BCUT2D eigenvalue weighted by molar-refractivity contribution is 0.449. The van der Waals surface area contributed by atoms with E-state index in [-0.39, 0.29) is 0 Å². The highest BCUT2D eigenvalue weighted by molar-refractivity contribution is 7.18. The molecule has 102 valence electrons. The van der Waals surface area contributed by atoms with Crippen molar-refractivity contribution in [3.63, 3.8) is 0 Å². The second-order valence-corrected chi connectivity index (χ2v) is 6.71. The van der Waals surface area contributed by atoms with E-state index in [2.05, 4.69) is 27.9 Å². The molecule has 0 spiro atoms. The van der Waals surface area contributed by atoms with E-state index in [0.29, 0.717) is 6.04 Å². The molecule has 0 aliphatic carbocycles. The van der Waals surface area contributed by atoms with Crippen LogP contribution < -0.4 is 4.90 Å². The van der Waals surface area contributed by atoms with Gasteiger partial charge >= 0.3 is 0 Å². The molecule has 1 aliphatic rings. The zero-order valence-electron chi connectivity index (χ0n) is 11.1. The fraction of sp³-hybridized carbons (Fsp3) is 0.571. The van der Waals surface area contributed by atoms with Gasteiger partial charge in [-0.3, -0.25) is 0 Å². The van der Waals surface area contributed by atoms with Gasteiger partial charge in [0.25, 0.3) is 0 Å². The molecule has 0 aromatic carbocycles. The first-order chi connectivity index (χ1) is 9.29. The number of alkyl halides is 1. The Morgan fingerprint density at radius 2 is 2.32 bits per heavy atom. The first-order valence-corrected chi connectivity index (χ1v) is 8.18. The summed E-state index contributed by atoms with van der Waals surface area (Å²) >= 11 is 7.69. The number of hydrogen-bond donors (Lipinski definition) is 0. The van der Waals surface area contributed by atoms with Crippen molar-refractivity contribution in [2.45, 2.75) is 38.6 Å². The van der Waals surface area contributed by atoms with Crippen LogP contribution >= 0.6 is 22.9 Å². The Labute approximate surface area is 122 Å². The molecule has 2 aromatic rings. The van der Waals surface area contributed by atoms with Crippen molar-refractivity contribution in [3.05, 3.63) is 17.3 Å². The van der Waals surface area contributed by atoms with E-state index in [4.69, 9.17) is 11.6 Å². The third-order valence-electron chi connectivity index (χ3n) is 3.77. The van der Waals surface area contributed by atoms with Gasteiger partial charge in [-0.05, 0) is 38.7 Å². The molecule has 3 nitrogen and oxygen atoms in total. The maximum Gasteiger partial charge on any atom is 0.141 e. The standard InChI is InChI=1S/C14H18ClN3S/c1-10-8-12-13(16-9-17-14(12)19-10)18-7-3-2-4-11(18)5-6-15/h8-9,11H,2-7H2,1H3. The molecular weight excluding hydrogens is 278 g/mol. The minimum Gasteiger partial charge on any atom is -0.353 e. The third-order valence-corrected chi connectivity index (χ3v) is 4.95. The highest BCUT2D eigenvalue weighted by atomic mass is 35.5. The fourth-order valence-corrected chi connectivity index (χ4v) is 3.99. The maximum absolute atomic E-state index is 5.95. The van der Waals surface area contributed by atoms with Crippen LogP contribution in [0, 0.1) is 6.92 Å². The Morgan fingerprint density at radius 3 is 3.16 bits per heavy atom.